The third-order valence-corrected chi connectivity index (χ3v) is 7.52. The van der Waals surface area contributed by atoms with Gasteiger partial charge in [-0.2, -0.15) is 0 Å². The van der Waals surface area contributed by atoms with Crippen LogP contribution in [0.2, 0.25) is 0 Å². The summed E-state index contributed by atoms with van der Waals surface area (Å²) in [5.41, 5.74) is 0.819. The molecular weight excluding hydrogens is 452 g/mol. The zero-order valence-corrected chi connectivity index (χ0v) is 22.0. The average molecular weight is 497 g/mol. The van der Waals surface area contributed by atoms with Crippen molar-refractivity contribution in [2.75, 3.05) is 13.1 Å². The number of rotatable bonds is 2. The molecule has 2 aliphatic rings. The quantitative estimate of drug-likeness (QED) is 0.428. The minimum atomic E-state index is -0.293. The molecule has 0 N–H and O–H groups in total. The van der Waals surface area contributed by atoms with E-state index in [0.717, 1.165) is 77.0 Å². The molecule has 3 rings (SSSR count). The smallest absolute Gasteiger partial charge is 0.260 e. The van der Waals surface area contributed by atoms with E-state index in [4.69, 9.17) is 0 Å². The van der Waals surface area contributed by atoms with Crippen molar-refractivity contribution < 1.29 is 19.2 Å². The van der Waals surface area contributed by atoms with E-state index in [-0.39, 0.29) is 23.6 Å². The van der Waals surface area contributed by atoms with Crippen LogP contribution in [0.4, 0.5) is 0 Å². The first-order chi connectivity index (χ1) is 17.6. The van der Waals surface area contributed by atoms with Crippen LogP contribution in [0.15, 0.2) is 24.3 Å². The molecule has 0 unspecified atom stereocenters. The molecular formula is C30H44N2O4. The molecule has 36 heavy (non-hydrogen) atoms. The Morgan fingerprint density at radius 3 is 1.06 bits per heavy atom. The molecule has 0 aromatic heterocycles. The number of imide groups is 2. The SMILES string of the molecule is O=C1CCCCCCCCCCN1C(=O)c1ccc(C(=O)N2CCCCCCCCCCC2=O)cc1. The number of hydrogen-bond donors (Lipinski definition) is 0. The van der Waals surface area contributed by atoms with Crippen LogP contribution < -0.4 is 0 Å². The van der Waals surface area contributed by atoms with Crippen LogP contribution in [0, 0.1) is 0 Å². The number of benzene rings is 1. The van der Waals surface area contributed by atoms with Crippen LogP contribution in [0.1, 0.15) is 136 Å². The zero-order chi connectivity index (χ0) is 25.6. The topological polar surface area (TPSA) is 74.8 Å². The van der Waals surface area contributed by atoms with Gasteiger partial charge in [0.2, 0.25) is 11.8 Å². The summed E-state index contributed by atoms with van der Waals surface area (Å²) < 4.78 is 0. The number of nitrogens with zero attached hydrogens (tertiary/aromatic N) is 2. The standard InChI is InChI=1S/C30H44N2O4/c33-27-17-13-9-5-1-3-7-11-15-23-31(27)29(35)25-19-21-26(22-20-25)30(36)32-24-16-12-8-4-2-6-10-14-18-28(32)34/h19-22H,1-18,23-24H2. The molecule has 6 nitrogen and oxygen atoms in total. The fourth-order valence-electron chi connectivity index (χ4n) is 5.23. The lowest BCUT2D eigenvalue weighted by Crippen LogP contribution is -2.38. The molecule has 0 bridgehead atoms. The maximum absolute atomic E-state index is 13.2. The van der Waals surface area contributed by atoms with E-state index in [2.05, 4.69) is 0 Å². The third kappa shape index (κ3) is 8.86. The van der Waals surface area contributed by atoms with Gasteiger partial charge >= 0.3 is 0 Å². The van der Waals surface area contributed by atoms with E-state index < -0.39 is 0 Å². The predicted octanol–water partition coefficient (Wildman–Crippen LogP) is 6.67. The van der Waals surface area contributed by atoms with Gasteiger partial charge in [0, 0.05) is 37.1 Å². The summed E-state index contributed by atoms with van der Waals surface area (Å²) >= 11 is 0. The van der Waals surface area contributed by atoms with Crippen molar-refractivity contribution in [2.45, 2.75) is 116 Å². The molecule has 0 spiro atoms. The lowest BCUT2D eigenvalue weighted by atomic mass is 10.0. The highest BCUT2D eigenvalue weighted by Gasteiger charge is 2.25. The highest BCUT2D eigenvalue weighted by Crippen LogP contribution is 2.18. The lowest BCUT2D eigenvalue weighted by Gasteiger charge is -2.23. The Morgan fingerprint density at radius 2 is 0.722 bits per heavy atom. The number of amides is 4. The van der Waals surface area contributed by atoms with Gasteiger partial charge in [-0.1, -0.05) is 77.0 Å². The van der Waals surface area contributed by atoms with Crippen molar-refractivity contribution in [3.63, 3.8) is 0 Å². The maximum atomic E-state index is 13.2. The second kappa shape index (κ2) is 15.6. The van der Waals surface area contributed by atoms with Gasteiger partial charge in [-0.15, -0.1) is 0 Å². The summed E-state index contributed by atoms with van der Waals surface area (Å²) in [6.07, 6.45) is 17.7. The van der Waals surface area contributed by atoms with Crippen LogP contribution >= 0.6 is 0 Å². The second-order valence-corrected chi connectivity index (χ2v) is 10.4. The van der Waals surface area contributed by atoms with E-state index in [9.17, 15) is 19.2 Å². The molecule has 0 radical (unpaired) electrons. The summed E-state index contributed by atoms with van der Waals surface area (Å²) in [6.45, 7) is 0.890. The Labute approximate surface area is 216 Å². The number of carbonyl (C=O) groups excluding carboxylic acids is 4. The van der Waals surface area contributed by atoms with Crippen LogP contribution in [0.25, 0.3) is 0 Å². The summed E-state index contributed by atoms with van der Waals surface area (Å²) in [4.78, 5) is 54.9. The van der Waals surface area contributed by atoms with Gasteiger partial charge in [-0.05, 0) is 49.9 Å². The Bertz CT molecular complexity index is 793. The number of carbonyl (C=O) groups is 4. The van der Waals surface area contributed by atoms with E-state index in [1.807, 2.05) is 0 Å². The minimum Gasteiger partial charge on any atom is -0.279 e. The molecule has 6 heteroatoms. The van der Waals surface area contributed by atoms with Crippen molar-refractivity contribution in [3.05, 3.63) is 35.4 Å². The minimum absolute atomic E-state index is 0.106. The van der Waals surface area contributed by atoms with Crippen LogP contribution in [-0.2, 0) is 9.59 Å². The van der Waals surface area contributed by atoms with Crippen molar-refractivity contribution in [1.29, 1.82) is 0 Å². The van der Waals surface area contributed by atoms with Gasteiger partial charge in [0.15, 0.2) is 0 Å². The van der Waals surface area contributed by atoms with Crippen LogP contribution in [-0.4, -0.2) is 46.5 Å². The molecule has 0 atom stereocenters. The summed E-state index contributed by atoms with van der Waals surface area (Å²) in [7, 11) is 0. The summed E-state index contributed by atoms with van der Waals surface area (Å²) in [5.74, 6) is -0.798. The molecule has 1 aromatic rings. The molecule has 2 aliphatic heterocycles. The Morgan fingerprint density at radius 1 is 0.444 bits per heavy atom. The highest BCUT2D eigenvalue weighted by molar-refractivity contribution is 6.07. The van der Waals surface area contributed by atoms with Gasteiger partial charge in [0.25, 0.3) is 11.8 Å². The van der Waals surface area contributed by atoms with E-state index in [0.29, 0.717) is 37.1 Å². The van der Waals surface area contributed by atoms with Gasteiger partial charge in [0.1, 0.15) is 0 Å². The monoisotopic (exact) mass is 496 g/mol. The van der Waals surface area contributed by atoms with Crippen molar-refractivity contribution in [1.82, 2.24) is 9.80 Å². The van der Waals surface area contributed by atoms with Gasteiger partial charge < -0.3 is 0 Å². The largest absolute Gasteiger partial charge is 0.279 e. The molecule has 2 saturated heterocycles. The third-order valence-electron chi connectivity index (χ3n) is 7.52. The van der Waals surface area contributed by atoms with Crippen molar-refractivity contribution in [3.8, 4) is 0 Å². The van der Waals surface area contributed by atoms with Crippen LogP contribution in [0.5, 0.6) is 0 Å². The zero-order valence-electron chi connectivity index (χ0n) is 22.0. The average Bonchev–Trinajstić information content (AvgIpc) is 2.88. The summed E-state index contributed by atoms with van der Waals surface area (Å²) in [5, 5.41) is 0. The molecule has 0 saturated carbocycles. The van der Waals surface area contributed by atoms with Gasteiger partial charge in [0.05, 0.1) is 0 Å². The second-order valence-electron chi connectivity index (χ2n) is 10.4. The first-order valence-electron chi connectivity index (χ1n) is 14.4. The Hall–Kier alpha value is -2.50. The fraction of sp³-hybridized carbons (Fsp3) is 0.667. The van der Waals surface area contributed by atoms with E-state index >= 15 is 0 Å². The first kappa shape index (κ1) is 28.1. The molecule has 2 fully saturated rings. The lowest BCUT2D eigenvalue weighted by molar-refractivity contribution is -0.129. The van der Waals surface area contributed by atoms with Gasteiger partial charge in [-0.3, -0.25) is 29.0 Å². The van der Waals surface area contributed by atoms with Crippen LogP contribution in [0.3, 0.4) is 0 Å². The normalized spacial score (nSPS) is 20.4. The van der Waals surface area contributed by atoms with E-state index in [1.165, 1.54) is 35.5 Å². The van der Waals surface area contributed by atoms with Crippen molar-refractivity contribution >= 4 is 23.6 Å². The summed E-state index contributed by atoms with van der Waals surface area (Å²) in [6, 6.07) is 6.50. The van der Waals surface area contributed by atoms with Gasteiger partial charge in [-0.25, -0.2) is 0 Å². The van der Waals surface area contributed by atoms with Crippen molar-refractivity contribution in [2.24, 2.45) is 0 Å². The molecule has 198 valence electrons. The van der Waals surface area contributed by atoms with E-state index in [1.54, 1.807) is 24.3 Å². The first-order valence-corrected chi connectivity index (χ1v) is 14.4. The molecule has 4 amide bonds. The molecule has 2 heterocycles. The molecule has 1 aromatic carbocycles. The molecule has 0 aliphatic carbocycles. The predicted molar refractivity (Wildman–Crippen MR) is 142 cm³/mol. The number of hydrogen-bond acceptors (Lipinski definition) is 4. The fourth-order valence-corrected chi connectivity index (χ4v) is 5.23. The Kier molecular flexibility index (Phi) is 12.1. The highest BCUT2D eigenvalue weighted by atomic mass is 16.2. The maximum Gasteiger partial charge on any atom is 0.260 e. The Balaban J connectivity index is 1.67.